The lowest BCUT2D eigenvalue weighted by atomic mass is 10.1. The zero-order valence-electron chi connectivity index (χ0n) is 15.8. The quantitative estimate of drug-likeness (QED) is 0.313. The predicted molar refractivity (Wildman–Crippen MR) is 121 cm³/mol. The highest BCUT2D eigenvalue weighted by Crippen LogP contribution is 2.18. The fourth-order valence-electron chi connectivity index (χ4n) is 2.34. The number of guanidine groups is 1. The molecule has 0 spiro atoms. The molecular weight excluding hydrogens is 459 g/mol. The van der Waals surface area contributed by atoms with Crippen molar-refractivity contribution in [2.45, 2.75) is 46.3 Å². The first-order chi connectivity index (χ1) is 12.0. The minimum absolute atomic E-state index is 0. The molecule has 1 heterocycles. The first-order valence-electron chi connectivity index (χ1n) is 8.70. The van der Waals surface area contributed by atoms with Gasteiger partial charge in [-0.15, -0.1) is 35.3 Å². The van der Waals surface area contributed by atoms with E-state index in [0.717, 1.165) is 28.4 Å². The highest BCUT2D eigenvalue weighted by atomic mass is 127. The summed E-state index contributed by atoms with van der Waals surface area (Å²) >= 11 is 1.64. The van der Waals surface area contributed by atoms with Crippen molar-refractivity contribution >= 4 is 41.3 Å². The Bertz CT molecular complexity index is 702. The fourth-order valence-corrected chi connectivity index (χ4v) is 3.22. The minimum Gasteiger partial charge on any atom is -0.387 e. The number of rotatable bonds is 7. The normalized spacial score (nSPS) is 12.6. The third kappa shape index (κ3) is 7.20. The van der Waals surface area contributed by atoms with Gasteiger partial charge in [-0.1, -0.05) is 43.7 Å². The monoisotopic (exact) mass is 488 g/mol. The maximum atomic E-state index is 10.4. The number of aromatic nitrogens is 1. The Morgan fingerprint density at radius 2 is 2.08 bits per heavy atom. The van der Waals surface area contributed by atoms with Crippen molar-refractivity contribution in [3.63, 3.8) is 0 Å². The average molecular weight is 488 g/mol. The van der Waals surface area contributed by atoms with Crippen LogP contribution in [0.3, 0.4) is 0 Å². The molecule has 1 unspecified atom stereocenters. The van der Waals surface area contributed by atoms with Gasteiger partial charge in [0.2, 0.25) is 0 Å². The molecule has 2 aromatic rings. The van der Waals surface area contributed by atoms with E-state index < -0.39 is 6.10 Å². The Hall–Kier alpha value is -1.19. The summed E-state index contributed by atoms with van der Waals surface area (Å²) in [6, 6.07) is 7.92. The van der Waals surface area contributed by atoms with Crippen molar-refractivity contribution in [3.8, 4) is 0 Å². The van der Waals surface area contributed by atoms with Crippen molar-refractivity contribution in [1.29, 1.82) is 0 Å². The number of aliphatic hydroxyl groups is 1. The third-order valence-electron chi connectivity index (χ3n) is 3.77. The van der Waals surface area contributed by atoms with Crippen molar-refractivity contribution in [2.75, 3.05) is 13.1 Å². The Kier molecular flexibility index (Phi) is 10.1. The van der Waals surface area contributed by atoms with E-state index in [2.05, 4.69) is 39.8 Å². The van der Waals surface area contributed by atoms with Gasteiger partial charge >= 0.3 is 0 Å². The van der Waals surface area contributed by atoms with Gasteiger partial charge in [0, 0.05) is 18.5 Å². The lowest BCUT2D eigenvalue weighted by Crippen LogP contribution is -2.39. The van der Waals surface area contributed by atoms with Gasteiger partial charge < -0.3 is 15.7 Å². The molecule has 0 amide bonds. The number of hydrogen-bond donors (Lipinski definition) is 3. The first kappa shape index (κ1) is 22.9. The van der Waals surface area contributed by atoms with Gasteiger partial charge in [0.15, 0.2) is 5.96 Å². The van der Waals surface area contributed by atoms with Crippen LogP contribution in [-0.4, -0.2) is 29.1 Å². The number of nitrogens with one attached hydrogen (secondary N) is 2. The molecule has 5 nitrogen and oxygen atoms in total. The summed E-state index contributed by atoms with van der Waals surface area (Å²) in [6.45, 7) is 10.0. The number of aryl methyl sites for hydroxylation is 1. The van der Waals surface area contributed by atoms with Crippen LogP contribution in [0.25, 0.3) is 0 Å². The number of thiazole rings is 1. The number of nitrogens with zero attached hydrogens (tertiary/aromatic N) is 2. The van der Waals surface area contributed by atoms with Crippen molar-refractivity contribution in [2.24, 2.45) is 4.99 Å². The summed E-state index contributed by atoms with van der Waals surface area (Å²) < 4.78 is 0. The molecule has 0 radical (unpaired) electrons. The molecule has 1 atom stereocenters. The molecule has 0 fully saturated rings. The second-order valence-corrected chi connectivity index (χ2v) is 7.27. The summed E-state index contributed by atoms with van der Waals surface area (Å²) in [4.78, 5) is 9.17. The number of aliphatic imine (C=N–C) groups is 1. The van der Waals surface area contributed by atoms with E-state index in [-0.39, 0.29) is 24.0 Å². The maximum absolute atomic E-state index is 10.4. The lowest BCUT2D eigenvalue weighted by Gasteiger charge is -2.15. The molecule has 144 valence electrons. The summed E-state index contributed by atoms with van der Waals surface area (Å²) in [5.41, 5.74) is 3.16. The van der Waals surface area contributed by atoms with Crippen LogP contribution in [0, 0.1) is 6.92 Å². The Morgan fingerprint density at radius 1 is 1.31 bits per heavy atom. The van der Waals surface area contributed by atoms with Crippen LogP contribution in [0.4, 0.5) is 0 Å². The van der Waals surface area contributed by atoms with Gasteiger partial charge in [0.25, 0.3) is 0 Å². The fraction of sp³-hybridized carbons (Fsp3) is 0.474. The molecule has 3 N–H and O–H groups in total. The van der Waals surface area contributed by atoms with Crippen molar-refractivity contribution in [1.82, 2.24) is 15.6 Å². The van der Waals surface area contributed by atoms with E-state index in [9.17, 15) is 5.11 Å². The molecule has 26 heavy (non-hydrogen) atoms. The van der Waals surface area contributed by atoms with Gasteiger partial charge in [-0.2, -0.15) is 0 Å². The standard InChI is InChI=1S/C19H28N4OS.HI/c1-5-20-19(22-11-18-23-16(12-25-18)13(2)3)21-10-17(24)15-8-6-7-14(4)9-15;/h6-9,12-13,17,24H,5,10-11H2,1-4H3,(H2,20,21,22);1H. The van der Waals surface area contributed by atoms with Gasteiger partial charge in [-0.3, -0.25) is 0 Å². The van der Waals surface area contributed by atoms with E-state index in [1.807, 2.05) is 38.1 Å². The largest absolute Gasteiger partial charge is 0.387 e. The minimum atomic E-state index is -0.573. The molecule has 0 saturated carbocycles. The molecule has 0 aliphatic heterocycles. The molecule has 0 saturated heterocycles. The second kappa shape index (κ2) is 11.5. The Morgan fingerprint density at radius 3 is 2.69 bits per heavy atom. The molecule has 0 aliphatic carbocycles. The lowest BCUT2D eigenvalue weighted by molar-refractivity contribution is 0.181. The van der Waals surface area contributed by atoms with Gasteiger partial charge in [0.1, 0.15) is 5.01 Å². The number of benzene rings is 1. The van der Waals surface area contributed by atoms with Crippen molar-refractivity contribution in [3.05, 3.63) is 51.5 Å². The van der Waals surface area contributed by atoms with Crippen LogP contribution in [0.1, 0.15) is 54.6 Å². The predicted octanol–water partition coefficient (Wildman–Crippen LogP) is 3.98. The van der Waals surface area contributed by atoms with Crippen LogP contribution in [-0.2, 0) is 6.54 Å². The number of halogens is 1. The van der Waals surface area contributed by atoms with Gasteiger partial charge in [-0.25, -0.2) is 9.98 Å². The highest BCUT2D eigenvalue weighted by molar-refractivity contribution is 14.0. The molecule has 1 aromatic carbocycles. The summed E-state index contributed by atoms with van der Waals surface area (Å²) in [5.74, 6) is 1.13. The number of aliphatic hydroxyl groups excluding tert-OH is 1. The molecular formula is C19H29IN4OS. The molecule has 7 heteroatoms. The van der Waals surface area contributed by atoms with Gasteiger partial charge in [0.05, 0.1) is 18.3 Å². The second-order valence-electron chi connectivity index (χ2n) is 6.33. The average Bonchev–Trinajstić information content (AvgIpc) is 3.06. The zero-order chi connectivity index (χ0) is 18.2. The molecule has 1 aromatic heterocycles. The van der Waals surface area contributed by atoms with Crippen LogP contribution in [0.2, 0.25) is 0 Å². The number of hydrogen-bond acceptors (Lipinski definition) is 4. The van der Waals surface area contributed by atoms with Crippen LogP contribution >= 0.6 is 35.3 Å². The van der Waals surface area contributed by atoms with E-state index in [1.54, 1.807) is 11.3 Å². The topological polar surface area (TPSA) is 69.5 Å². The summed E-state index contributed by atoms with van der Waals surface area (Å²) in [7, 11) is 0. The van der Waals surface area contributed by atoms with Crippen LogP contribution in [0.15, 0.2) is 34.6 Å². The summed E-state index contributed by atoms with van der Waals surface area (Å²) in [6.07, 6.45) is -0.573. The van der Waals surface area contributed by atoms with E-state index >= 15 is 0 Å². The zero-order valence-corrected chi connectivity index (χ0v) is 19.0. The van der Waals surface area contributed by atoms with Crippen LogP contribution in [0.5, 0.6) is 0 Å². The third-order valence-corrected chi connectivity index (χ3v) is 4.62. The van der Waals surface area contributed by atoms with Crippen LogP contribution < -0.4 is 10.6 Å². The van der Waals surface area contributed by atoms with E-state index in [0.29, 0.717) is 25.0 Å². The first-order valence-corrected chi connectivity index (χ1v) is 9.58. The Balaban J connectivity index is 0.00000338. The van der Waals surface area contributed by atoms with Crippen molar-refractivity contribution < 1.29 is 5.11 Å². The maximum Gasteiger partial charge on any atom is 0.191 e. The SMILES string of the molecule is CCNC(=NCc1nc(C(C)C)cs1)NCC(O)c1cccc(C)c1.I. The summed E-state index contributed by atoms with van der Waals surface area (Å²) in [5, 5.41) is 19.9. The van der Waals surface area contributed by atoms with E-state index in [4.69, 9.17) is 0 Å². The smallest absolute Gasteiger partial charge is 0.191 e. The molecule has 0 bridgehead atoms. The molecule has 2 rings (SSSR count). The highest BCUT2D eigenvalue weighted by Gasteiger charge is 2.09. The van der Waals surface area contributed by atoms with E-state index in [1.165, 1.54) is 0 Å². The Labute approximate surface area is 177 Å². The van der Waals surface area contributed by atoms with Gasteiger partial charge in [-0.05, 0) is 25.3 Å². The molecule has 0 aliphatic rings.